The number of hydrogen-bond acceptors (Lipinski definition) is 4. The van der Waals surface area contributed by atoms with E-state index in [9.17, 15) is 0 Å². The number of guanidine groups is 1. The first-order valence-corrected chi connectivity index (χ1v) is 9.95. The minimum absolute atomic E-state index is 0. The summed E-state index contributed by atoms with van der Waals surface area (Å²) in [5.74, 6) is 0.788. The van der Waals surface area contributed by atoms with Crippen LogP contribution in [0.3, 0.4) is 0 Å². The number of aryl methyl sites for hydroxylation is 2. The summed E-state index contributed by atoms with van der Waals surface area (Å²) in [4.78, 5) is 9.35. The van der Waals surface area contributed by atoms with Crippen LogP contribution in [0.15, 0.2) is 40.7 Å². The molecule has 0 atom stereocenters. The molecule has 0 saturated heterocycles. The lowest BCUT2D eigenvalue weighted by atomic mass is 10.1. The first kappa shape index (κ1) is 23.8. The maximum absolute atomic E-state index is 5.44. The molecule has 0 unspecified atom stereocenters. The summed E-state index contributed by atoms with van der Waals surface area (Å²) in [6.45, 7) is 8.23. The minimum Gasteiger partial charge on any atom is -0.377 e. The van der Waals surface area contributed by atoms with Crippen molar-refractivity contribution >= 4 is 41.3 Å². The number of hydrogen-bond donors (Lipinski definition) is 2. The summed E-state index contributed by atoms with van der Waals surface area (Å²) in [6, 6.07) is 10.5. The number of nitrogens with zero attached hydrogens (tertiary/aromatic N) is 2. The first-order valence-electron chi connectivity index (χ1n) is 9.07. The van der Waals surface area contributed by atoms with Crippen molar-refractivity contribution in [2.45, 2.75) is 45.8 Å². The number of rotatable bonds is 9. The largest absolute Gasteiger partial charge is 0.377 e. The van der Waals surface area contributed by atoms with Gasteiger partial charge < -0.3 is 15.4 Å². The Morgan fingerprint density at radius 2 is 1.93 bits per heavy atom. The second-order valence-corrected chi connectivity index (χ2v) is 7.67. The van der Waals surface area contributed by atoms with Gasteiger partial charge in [0.05, 0.1) is 22.8 Å². The molecular formula is C20H31IN4OS. The van der Waals surface area contributed by atoms with Crippen molar-refractivity contribution < 1.29 is 4.74 Å². The summed E-state index contributed by atoms with van der Waals surface area (Å²) in [6.07, 6.45) is 1.99. The van der Waals surface area contributed by atoms with Crippen LogP contribution >= 0.6 is 35.3 Å². The summed E-state index contributed by atoms with van der Waals surface area (Å²) in [5.41, 5.74) is 2.13. The van der Waals surface area contributed by atoms with Crippen LogP contribution in [0.1, 0.15) is 37.0 Å². The van der Waals surface area contributed by atoms with Crippen LogP contribution in [0.5, 0.6) is 0 Å². The molecule has 0 spiro atoms. The number of aliphatic imine (C=N–C) groups is 1. The molecule has 0 saturated carbocycles. The molecule has 0 aliphatic carbocycles. The Kier molecular flexibility index (Phi) is 10.9. The fourth-order valence-corrected chi connectivity index (χ4v) is 3.09. The van der Waals surface area contributed by atoms with Crippen LogP contribution in [0.25, 0.3) is 0 Å². The van der Waals surface area contributed by atoms with Gasteiger partial charge in [-0.25, -0.2) is 9.98 Å². The molecule has 27 heavy (non-hydrogen) atoms. The van der Waals surface area contributed by atoms with Crippen molar-refractivity contribution in [1.29, 1.82) is 0 Å². The topological polar surface area (TPSA) is 58.5 Å². The monoisotopic (exact) mass is 502 g/mol. The smallest absolute Gasteiger partial charge is 0.191 e. The van der Waals surface area contributed by atoms with Crippen LogP contribution in [-0.2, 0) is 24.1 Å². The van der Waals surface area contributed by atoms with Gasteiger partial charge in [0.2, 0.25) is 0 Å². The molecule has 1 heterocycles. The van der Waals surface area contributed by atoms with Gasteiger partial charge in [0.15, 0.2) is 5.96 Å². The number of aromatic nitrogens is 1. The van der Waals surface area contributed by atoms with E-state index in [1.165, 1.54) is 5.56 Å². The van der Waals surface area contributed by atoms with E-state index in [0.717, 1.165) is 36.0 Å². The zero-order valence-corrected chi connectivity index (χ0v) is 19.8. The predicted octanol–water partition coefficient (Wildman–Crippen LogP) is 4.03. The number of halogens is 1. The van der Waals surface area contributed by atoms with E-state index >= 15 is 0 Å². The molecule has 1 aromatic carbocycles. The highest BCUT2D eigenvalue weighted by Crippen LogP contribution is 2.14. The summed E-state index contributed by atoms with van der Waals surface area (Å²) in [5, 5.41) is 9.86. The van der Waals surface area contributed by atoms with Gasteiger partial charge in [-0.3, -0.25) is 0 Å². The van der Waals surface area contributed by atoms with E-state index in [4.69, 9.17) is 9.72 Å². The molecule has 150 valence electrons. The van der Waals surface area contributed by atoms with E-state index in [-0.39, 0.29) is 29.6 Å². The van der Waals surface area contributed by atoms with Crippen LogP contribution in [-0.4, -0.2) is 36.7 Å². The van der Waals surface area contributed by atoms with E-state index in [1.54, 1.807) is 18.4 Å². The maximum atomic E-state index is 5.44. The van der Waals surface area contributed by atoms with Gasteiger partial charge in [-0.2, -0.15) is 0 Å². The number of methoxy groups -OCH3 is 1. The van der Waals surface area contributed by atoms with Gasteiger partial charge in [-0.15, -0.1) is 35.3 Å². The Morgan fingerprint density at radius 1 is 1.19 bits per heavy atom. The Hall–Kier alpha value is -1.19. The molecule has 0 fully saturated rings. The Balaban J connectivity index is 0.00000364. The first-order chi connectivity index (χ1) is 12.5. The average Bonchev–Trinajstić information content (AvgIpc) is 3.11. The molecule has 2 rings (SSSR count). The fraction of sp³-hybridized carbons (Fsp3) is 0.500. The molecular weight excluding hydrogens is 471 g/mol. The summed E-state index contributed by atoms with van der Waals surface area (Å²) in [7, 11) is 1.72. The molecule has 0 aliphatic heterocycles. The summed E-state index contributed by atoms with van der Waals surface area (Å²) < 4.78 is 5.44. The molecule has 7 heteroatoms. The number of nitrogens with one attached hydrogen (secondary N) is 2. The maximum Gasteiger partial charge on any atom is 0.191 e. The van der Waals surface area contributed by atoms with Gasteiger partial charge in [-0.05, 0) is 32.8 Å². The molecule has 0 bridgehead atoms. The van der Waals surface area contributed by atoms with Crippen LogP contribution in [0.2, 0.25) is 0 Å². The lowest BCUT2D eigenvalue weighted by Crippen LogP contribution is -2.45. The van der Waals surface area contributed by atoms with Crippen molar-refractivity contribution in [3.05, 3.63) is 52.0 Å². The zero-order valence-electron chi connectivity index (χ0n) is 16.6. The lowest BCUT2D eigenvalue weighted by molar-refractivity contribution is 0.0268. The minimum atomic E-state index is -0.235. The molecule has 5 nitrogen and oxygen atoms in total. The highest BCUT2D eigenvalue weighted by molar-refractivity contribution is 14.0. The second kappa shape index (κ2) is 12.3. The van der Waals surface area contributed by atoms with E-state index in [0.29, 0.717) is 13.1 Å². The lowest BCUT2D eigenvalue weighted by Gasteiger charge is -2.24. The number of benzene rings is 1. The Labute approximate surface area is 184 Å². The Morgan fingerprint density at radius 3 is 2.59 bits per heavy atom. The molecule has 1 aromatic heterocycles. The predicted molar refractivity (Wildman–Crippen MR) is 125 cm³/mol. The zero-order chi connectivity index (χ0) is 18.8. The van der Waals surface area contributed by atoms with Gasteiger partial charge in [-0.1, -0.05) is 30.3 Å². The third-order valence-electron chi connectivity index (χ3n) is 4.05. The molecule has 2 aromatic rings. The van der Waals surface area contributed by atoms with E-state index in [2.05, 4.69) is 52.2 Å². The quantitative estimate of drug-likeness (QED) is 0.309. The fourth-order valence-electron chi connectivity index (χ4n) is 2.30. The molecule has 0 aliphatic rings. The van der Waals surface area contributed by atoms with Gasteiger partial charge >= 0.3 is 0 Å². The number of ether oxygens (including phenoxy) is 1. The summed E-state index contributed by atoms with van der Waals surface area (Å²) >= 11 is 1.71. The SMILES string of the molecule is CCNC(=NCc1csc(CCc2ccccc2)n1)NCC(C)(C)OC.I. The second-order valence-electron chi connectivity index (χ2n) is 6.73. The van der Waals surface area contributed by atoms with E-state index in [1.807, 2.05) is 19.9 Å². The highest BCUT2D eigenvalue weighted by Gasteiger charge is 2.16. The molecule has 0 radical (unpaired) electrons. The van der Waals surface area contributed by atoms with Gasteiger partial charge in [0, 0.05) is 32.0 Å². The van der Waals surface area contributed by atoms with Crippen LogP contribution < -0.4 is 10.6 Å². The van der Waals surface area contributed by atoms with E-state index < -0.39 is 0 Å². The van der Waals surface area contributed by atoms with Crippen molar-refractivity contribution in [2.75, 3.05) is 20.2 Å². The molecule has 2 N–H and O–H groups in total. The van der Waals surface area contributed by atoms with Crippen LogP contribution in [0.4, 0.5) is 0 Å². The van der Waals surface area contributed by atoms with Crippen LogP contribution in [0, 0.1) is 0 Å². The van der Waals surface area contributed by atoms with Gasteiger partial charge in [0.1, 0.15) is 0 Å². The molecule has 0 amide bonds. The standard InChI is InChI=1S/C20H30N4OS.HI/c1-5-21-19(23-15-20(2,3)25-4)22-13-17-14-26-18(24-17)12-11-16-9-7-6-8-10-16;/h6-10,14H,5,11-13,15H2,1-4H3,(H2,21,22,23);1H. The average molecular weight is 502 g/mol. The normalized spacial score (nSPS) is 11.8. The van der Waals surface area contributed by atoms with Crippen molar-refractivity contribution in [1.82, 2.24) is 15.6 Å². The third kappa shape index (κ3) is 9.03. The Bertz CT molecular complexity index is 688. The van der Waals surface area contributed by atoms with Crippen molar-refractivity contribution in [3.63, 3.8) is 0 Å². The highest BCUT2D eigenvalue weighted by atomic mass is 127. The van der Waals surface area contributed by atoms with Crippen molar-refractivity contribution in [3.8, 4) is 0 Å². The van der Waals surface area contributed by atoms with Crippen molar-refractivity contribution in [2.24, 2.45) is 4.99 Å². The van der Waals surface area contributed by atoms with Gasteiger partial charge in [0.25, 0.3) is 0 Å². The number of thiazole rings is 1. The third-order valence-corrected chi connectivity index (χ3v) is 5.00.